The van der Waals surface area contributed by atoms with Gasteiger partial charge in [-0.3, -0.25) is 4.90 Å². The van der Waals surface area contributed by atoms with Crippen molar-refractivity contribution in [3.8, 4) is 5.75 Å². The molecule has 5 heteroatoms. The first-order valence-corrected chi connectivity index (χ1v) is 6.90. The quantitative estimate of drug-likeness (QED) is 0.914. The van der Waals surface area contributed by atoms with Crippen LogP contribution in [-0.4, -0.2) is 34.7 Å². The van der Waals surface area contributed by atoms with Gasteiger partial charge in [-0.05, 0) is 17.7 Å². The molecule has 106 valence electrons. The fraction of sp³-hybridized carbons (Fsp3) is 0.400. The Balaban J connectivity index is 1.79. The van der Waals surface area contributed by atoms with Crippen LogP contribution in [0.2, 0.25) is 0 Å². The minimum absolute atomic E-state index is 0.228. The van der Waals surface area contributed by atoms with E-state index in [1.54, 1.807) is 7.11 Å². The first-order chi connectivity index (χ1) is 9.81. The normalized spacial score (nSPS) is 16.7. The van der Waals surface area contributed by atoms with E-state index in [9.17, 15) is 0 Å². The summed E-state index contributed by atoms with van der Waals surface area (Å²) in [4.78, 5) is 6.80. The van der Waals surface area contributed by atoms with Crippen LogP contribution in [0.3, 0.4) is 0 Å². The molecule has 0 saturated carbocycles. The fourth-order valence-electron chi connectivity index (χ4n) is 2.78. The predicted octanol–water partition coefficient (Wildman–Crippen LogP) is 1.41. The highest BCUT2D eigenvalue weighted by molar-refractivity contribution is 5.29. The highest BCUT2D eigenvalue weighted by Crippen LogP contribution is 2.25. The van der Waals surface area contributed by atoms with Gasteiger partial charge in [-0.15, -0.1) is 0 Å². The maximum absolute atomic E-state index is 6.00. The molecule has 20 heavy (non-hydrogen) atoms. The van der Waals surface area contributed by atoms with Crippen molar-refractivity contribution >= 4 is 0 Å². The summed E-state index contributed by atoms with van der Waals surface area (Å²) in [5.41, 5.74) is 7.23. The molecule has 2 N–H and O–H groups in total. The zero-order chi connectivity index (χ0) is 13.9. The fourth-order valence-corrected chi connectivity index (χ4v) is 2.78. The first-order valence-electron chi connectivity index (χ1n) is 6.90. The lowest BCUT2D eigenvalue weighted by Gasteiger charge is -2.34. The first kappa shape index (κ1) is 13.1. The van der Waals surface area contributed by atoms with Crippen molar-refractivity contribution in [2.24, 2.45) is 5.73 Å². The van der Waals surface area contributed by atoms with Gasteiger partial charge in [-0.1, -0.05) is 12.1 Å². The van der Waals surface area contributed by atoms with E-state index in [-0.39, 0.29) is 6.04 Å². The molecule has 0 spiro atoms. The van der Waals surface area contributed by atoms with Gasteiger partial charge in [0.05, 0.1) is 13.7 Å². The minimum atomic E-state index is 0.228. The summed E-state index contributed by atoms with van der Waals surface area (Å²) >= 11 is 0. The Bertz CT molecular complexity index is 564. The molecule has 0 radical (unpaired) electrons. The number of imidazole rings is 1. The topological polar surface area (TPSA) is 56.3 Å². The molecular weight excluding hydrogens is 252 g/mol. The lowest BCUT2D eigenvalue weighted by atomic mass is 10.0. The molecule has 0 saturated heterocycles. The summed E-state index contributed by atoms with van der Waals surface area (Å²) < 4.78 is 7.41. The molecule has 1 aromatic heterocycles. The highest BCUT2D eigenvalue weighted by atomic mass is 16.5. The van der Waals surface area contributed by atoms with E-state index in [1.807, 2.05) is 24.5 Å². The second-order valence-electron chi connectivity index (χ2n) is 5.03. The van der Waals surface area contributed by atoms with Crippen molar-refractivity contribution in [3.05, 3.63) is 48.0 Å². The smallest absolute Gasteiger partial charge is 0.122 e. The van der Waals surface area contributed by atoms with Gasteiger partial charge in [0.2, 0.25) is 0 Å². The molecule has 1 atom stereocenters. The number of fused-ring (bicyclic) bond motifs is 1. The number of ether oxygens (including phenoxy) is 1. The Hall–Kier alpha value is -1.85. The number of nitrogens with zero attached hydrogens (tertiary/aromatic N) is 3. The predicted molar refractivity (Wildman–Crippen MR) is 77.4 cm³/mol. The maximum atomic E-state index is 6.00. The van der Waals surface area contributed by atoms with E-state index in [0.717, 1.165) is 31.2 Å². The third-order valence-corrected chi connectivity index (χ3v) is 3.94. The molecular formula is C15H20N4O. The molecule has 1 aromatic carbocycles. The van der Waals surface area contributed by atoms with Crippen molar-refractivity contribution in [3.63, 3.8) is 0 Å². The Labute approximate surface area is 119 Å². The summed E-state index contributed by atoms with van der Waals surface area (Å²) in [5.74, 6) is 1.99. The molecule has 0 aliphatic carbocycles. The van der Waals surface area contributed by atoms with E-state index < -0.39 is 0 Å². The van der Waals surface area contributed by atoms with Gasteiger partial charge in [0.1, 0.15) is 11.6 Å². The molecule has 0 amide bonds. The summed E-state index contributed by atoms with van der Waals surface area (Å²) in [6, 6.07) is 8.40. The minimum Gasteiger partial charge on any atom is -0.497 e. The molecule has 0 bridgehead atoms. The van der Waals surface area contributed by atoms with Gasteiger partial charge in [0.25, 0.3) is 0 Å². The van der Waals surface area contributed by atoms with Crippen molar-refractivity contribution < 1.29 is 4.74 Å². The standard InChI is InChI=1S/C15H20N4O/c1-20-13-4-2-12(3-5-13)14(10-16)19-9-8-18-7-6-17-15(18)11-19/h2-7,14H,8-11,16H2,1H3. The Morgan fingerprint density at radius 1 is 1.30 bits per heavy atom. The van der Waals surface area contributed by atoms with Crippen molar-refractivity contribution in [2.45, 2.75) is 19.1 Å². The Kier molecular flexibility index (Phi) is 3.71. The number of aromatic nitrogens is 2. The summed E-state index contributed by atoms with van der Waals surface area (Å²) in [6.07, 6.45) is 3.90. The molecule has 1 unspecified atom stereocenters. The summed E-state index contributed by atoms with van der Waals surface area (Å²) in [5, 5.41) is 0. The largest absolute Gasteiger partial charge is 0.497 e. The highest BCUT2D eigenvalue weighted by Gasteiger charge is 2.24. The zero-order valence-corrected chi connectivity index (χ0v) is 11.7. The number of benzene rings is 1. The van der Waals surface area contributed by atoms with Crippen molar-refractivity contribution in [1.29, 1.82) is 0 Å². The molecule has 1 aliphatic heterocycles. The van der Waals surface area contributed by atoms with Crippen LogP contribution < -0.4 is 10.5 Å². The molecule has 3 rings (SSSR count). The van der Waals surface area contributed by atoms with Crippen LogP contribution in [0.15, 0.2) is 36.7 Å². The van der Waals surface area contributed by atoms with Gasteiger partial charge in [0, 0.05) is 38.1 Å². The Morgan fingerprint density at radius 3 is 2.80 bits per heavy atom. The number of hydrogen-bond acceptors (Lipinski definition) is 4. The molecule has 2 aromatic rings. The SMILES string of the molecule is COc1ccc(C(CN)N2CCn3ccnc3C2)cc1. The lowest BCUT2D eigenvalue weighted by Crippen LogP contribution is -2.39. The maximum Gasteiger partial charge on any atom is 0.122 e. The van der Waals surface area contributed by atoms with Crippen LogP contribution in [0.5, 0.6) is 5.75 Å². The van der Waals surface area contributed by atoms with Crippen molar-refractivity contribution in [1.82, 2.24) is 14.5 Å². The van der Waals surface area contributed by atoms with E-state index in [2.05, 4.69) is 26.6 Å². The monoisotopic (exact) mass is 272 g/mol. The van der Waals surface area contributed by atoms with Crippen molar-refractivity contribution in [2.75, 3.05) is 20.2 Å². The molecule has 5 nitrogen and oxygen atoms in total. The van der Waals surface area contributed by atoms with E-state index in [4.69, 9.17) is 10.5 Å². The number of rotatable bonds is 4. The van der Waals surface area contributed by atoms with E-state index >= 15 is 0 Å². The van der Waals surface area contributed by atoms with E-state index in [0.29, 0.717) is 6.54 Å². The van der Waals surface area contributed by atoms with Gasteiger partial charge >= 0.3 is 0 Å². The second kappa shape index (κ2) is 5.64. The lowest BCUT2D eigenvalue weighted by molar-refractivity contribution is 0.156. The second-order valence-corrected chi connectivity index (χ2v) is 5.03. The van der Waals surface area contributed by atoms with Crippen LogP contribution in [0.1, 0.15) is 17.4 Å². The zero-order valence-electron chi connectivity index (χ0n) is 11.7. The van der Waals surface area contributed by atoms with Crippen LogP contribution in [0.4, 0.5) is 0 Å². The van der Waals surface area contributed by atoms with Crippen LogP contribution >= 0.6 is 0 Å². The third-order valence-electron chi connectivity index (χ3n) is 3.94. The van der Waals surface area contributed by atoms with Crippen LogP contribution in [-0.2, 0) is 13.1 Å². The van der Waals surface area contributed by atoms with Gasteiger partial charge in [-0.2, -0.15) is 0 Å². The molecule has 2 heterocycles. The number of methoxy groups -OCH3 is 1. The summed E-state index contributed by atoms with van der Waals surface area (Å²) in [6.45, 7) is 3.42. The van der Waals surface area contributed by atoms with E-state index in [1.165, 1.54) is 5.56 Å². The molecule has 1 aliphatic rings. The van der Waals surface area contributed by atoms with Gasteiger partial charge in [-0.25, -0.2) is 4.98 Å². The number of nitrogens with two attached hydrogens (primary N) is 1. The van der Waals surface area contributed by atoms with Gasteiger partial charge < -0.3 is 15.0 Å². The number of hydrogen-bond donors (Lipinski definition) is 1. The average molecular weight is 272 g/mol. The third kappa shape index (κ3) is 2.42. The molecule has 0 fully saturated rings. The summed E-state index contributed by atoms with van der Waals surface area (Å²) in [7, 11) is 1.68. The van der Waals surface area contributed by atoms with Crippen LogP contribution in [0, 0.1) is 0 Å². The Morgan fingerprint density at radius 2 is 2.10 bits per heavy atom. The average Bonchev–Trinajstić information content (AvgIpc) is 2.96. The van der Waals surface area contributed by atoms with Crippen LogP contribution in [0.25, 0.3) is 0 Å². The van der Waals surface area contributed by atoms with Gasteiger partial charge in [0.15, 0.2) is 0 Å².